The standard InChI is InChI=1S/C11H19N3S/c1-4-9-13-10(7-11(15)14-9)12-6-5-8(2)3/h7-8H,4-6H2,1-3H3,(H2,12,13,14,15). The maximum Gasteiger partial charge on any atom is 0.131 e. The van der Waals surface area contributed by atoms with Gasteiger partial charge in [-0.1, -0.05) is 33.0 Å². The number of nitrogens with zero attached hydrogens (tertiary/aromatic N) is 1. The summed E-state index contributed by atoms with van der Waals surface area (Å²) in [5.41, 5.74) is 0. The molecule has 1 rings (SSSR count). The molecule has 0 aliphatic heterocycles. The lowest BCUT2D eigenvalue weighted by Gasteiger charge is -2.09. The molecule has 3 nitrogen and oxygen atoms in total. The quantitative estimate of drug-likeness (QED) is 0.756. The molecule has 0 unspecified atom stereocenters. The van der Waals surface area contributed by atoms with E-state index in [4.69, 9.17) is 12.2 Å². The molecule has 15 heavy (non-hydrogen) atoms. The average Bonchev–Trinajstić information content (AvgIpc) is 2.16. The minimum Gasteiger partial charge on any atom is -0.372 e. The Morgan fingerprint density at radius 3 is 2.87 bits per heavy atom. The Hall–Kier alpha value is -0.900. The van der Waals surface area contributed by atoms with Crippen molar-refractivity contribution in [3.63, 3.8) is 0 Å². The van der Waals surface area contributed by atoms with Crippen molar-refractivity contribution in [2.45, 2.75) is 33.6 Å². The van der Waals surface area contributed by atoms with Crippen molar-refractivity contribution in [2.75, 3.05) is 11.9 Å². The molecular formula is C11H19N3S. The van der Waals surface area contributed by atoms with Crippen LogP contribution >= 0.6 is 12.2 Å². The van der Waals surface area contributed by atoms with Crippen LogP contribution in [0.15, 0.2) is 6.07 Å². The monoisotopic (exact) mass is 225 g/mol. The van der Waals surface area contributed by atoms with E-state index in [0.29, 0.717) is 10.6 Å². The fraction of sp³-hybridized carbons (Fsp3) is 0.636. The molecule has 1 aromatic rings. The van der Waals surface area contributed by atoms with Crippen molar-refractivity contribution in [2.24, 2.45) is 5.92 Å². The molecule has 2 N–H and O–H groups in total. The molecule has 4 heteroatoms. The third-order valence-corrected chi connectivity index (χ3v) is 2.37. The minimum atomic E-state index is 0.651. The van der Waals surface area contributed by atoms with Crippen molar-refractivity contribution in [3.8, 4) is 0 Å². The van der Waals surface area contributed by atoms with E-state index in [9.17, 15) is 0 Å². The Kier molecular flexibility index (Phi) is 4.75. The highest BCUT2D eigenvalue weighted by Crippen LogP contribution is 2.06. The van der Waals surface area contributed by atoms with Crippen LogP contribution in [0.1, 0.15) is 33.0 Å². The van der Waals surface area contributed by atoms with Gasteiger partial charge in [0.25, 0.3) is 0 Å². The van der Waals surface area contributed by atoms with E-state index in [1.54, 1.807) is 0 Å². The van der Waals surface area contributed by atoms with Gasteiger partial charge in [-0.05, 0) is 12.3 Å². The minimum absolute atomic E-state index is 0.651. The molecule has 0 aliphatic rings. The molecule has 0 saturated heterocycles. The molecule has 1 heterocycles. The van der Waals surface area contributed by atoms with E-state index in [1.807, 2.05) is 6.07 Å². The summed E-state index contributed by atoms with van der Waals surface area (Å²) < 4.78 is 0.651. The summed E-state index contributed by atoms with van der Waals surface area (Å²) >= 11 is 5.08. The summed E-state index contributed by atoms with van der Waals surface area (Å²) in [7, 11) is 0. The molecule has 0 aliphatic carbocycles. The fourth-order valence-electron chi connectivity index (χ4n) is 1.27. The number of rotatable bonds is 5. The van der Waals surface area contributed by atoms with Crippen LogP contribution in [0.25, 0.3) is 0 Å². The maximum absolute atomic E-state index is 5.08. The molecule has 0 spiro atoms. The van der Waals surface area contributed by atoms with Gasteiger partial charge in [-0.15, -0.1) is 0 Å². The van der Waals surface area contributed by atoms with Gasteiger partial charge in [-0.25, -0.2) is 4.98 Å². The molecule has 0 saturated carbocycles. The van der Waals surface area contributed by atoms with Gasteiger partial charge in [-0.3, -0.25) is 0 Å². The van der Waals surface area contributed by atoms with E-state index < -0.39 is 0 Å². The van der Waals surface area contributed by atoms with E-state index >= 15 is 0 Å². The van der Waals surface area contributed by atoms with Crippen molar-refractivity contribution in [1.29, 1.82) is 0 Å². The number of H-pyrrole nitrogens is 1. The van der Waals surface area contributed by atoms with Crippen LogP contribution in [0.5, 0.6) is 0 Å². The number of nitrogens with one attached hydrogen (secondary N) is 2. The van der Waals surface area contributed by atoms with Gasteiger partial charge >= 0.3 is 0 Å². The van der Waals surface area contributed by atoms with Crippen LogP contribution in [-0.4, -0.2) is 16.5 Å². The zero-order chi connectivity index (χ0) is 11.3. The second-order valence-electron chi connectivity index (χ2n) is 4.04. The van der Waals surface area contributed by atoms with E-state index in [-0.39, 0.29) is 0 Å². The lowest BCUT2D eigenvalue weighted by Crippen LogP contribution is -2.07. The van der Waals surface area contributed by atoms with Crippen LogP contribution in [0.4, 0.5) is 5.82 Å². The summed E-state index contributed by atoms with van der Waals surface area (Å²) in [6, 6.07) is 1.87. The van der Waals surface area contributed by atoms with Crippen LogP contribution in [0, 0.1) is 10.6 Å². The van der Waals surface area contributed by atoms with E-state index in [1.165, 1.54) is 0 Å². The Balaban J connectivity index is 2.60. The molecular weight excluding hydrogens is 206 g/mol. The van der Waals surface area contributed by atoms with Crippen molar-refractivity contribution in [1.82, 2.24) is 9.97 Å². The first-order valence-corrected chi connectivity index (χ1v) is 5.86. The lowest BCUT2D eigenvalue weighted by molar-refractivity contribution is 0.606. The summed E-state index contributed by atoms with van der Waals surface area (Å²) in [6.45, 7) is 7.46. The predicted molar refractivity (Wildman–Crippen MR) is 66.7 cm³/mol. The highest BCUT2D eigenvalue weighted by atomic mass is 32.1. The maximum atomic E-state index is 5.08. The summed E-state index contributed by atoms with van der Waals surface area (Å²) in [4.78, 5) is 7.43. The molecule has 0 aromatic carbocycles. The number of aromatic nitrogens is 2. The van der Waals surface area contributed by atoms with Crippen LogP contribution in [0.2, 0.25) is 0 Å². The van der Waals surface area contributed by atoms with E-state index in [0.717, 1.165) is 31.0 Å². The van der Waals surface area contributed by atoms with E-state index in [2.05, 4.69) is 36.1 Å². The molecule has 0 amide bonds. The van der Waals surface area contributed by atoms with Crippen molar-refractivity contribution >= 4 is 18.0 Å². The zero-order valence-corrected chi connectivity index (χ0v) is 10.4. The highest BCUT2D eigenvalue weighted by molar-refractivity contribution is 7.71. The first-order valence-electron chi connectivity index (χ1n) is 5.46. The van der Waals surface area contributed by atoms with Gasteiger partial charge < -0.3 is 10.3 Å². The lowest BCUT2D eigenvalue weighted by atomic mass is 10.1. The van der Waals surface area contributed by atoms with Crippen LogP contribution in [-0.2, 0) is 6.42 Å². The molecule has 0 radical (unpaired) electrons. The van der Waals surface area contributed by atoms with Gasteiger partial charge in [0.05, 0.1) is 0 Å². The molecule has 1 aromatic heterocycles. The molecule has 0 fully saturated rings. The first kappa shape index (κ1) is 12.2. The van der Waals surface area contributed by atoms with Crippen LogP contribution in [0.3, 0.4) is 0 Å². The molecule has 84 valence electrons. The normalized spacial score (nSPS) is 10.7. The van der Waals surface area contributed by atoms with Crippen LogP contribution < -0.4 is 5.32 Å². The number of hydrogen-bond acceptors (Lipinski definition) is 3. The second kappa shape index (κ2) is 5.85. The van der Waals surface area contributed by atoms with Gasteiger partial charge in [0.15, 0.2) is 0 Å². The second-order valence-corrected chi connectivity index (χ2v) is 4.46. The summed E-state index contributed by atoms with van der Waals surface area (Å²) in [5.74, 6) is 2.63. The third-order valence-electron chi connectivity index (χ3n) is 2.16. The molecule has 0 atom stereocenters. The molecule has 0 bridgehead atoms. The summed E-state index contributed by atoms with van der Waals surface area (Å²) in [6.07, 6.45) is 2.04. The largest absolute Gasteiger partial charge is 0.372 e. The number of hydrogen-bond donors (Lipinski definition) is 2. The Morgan fingerprint density at radius 1 is 1.53 bits per heavy atom. The first-order chi connectivity index (χ1) is 7.11. The zero-order valence-electron chi connectivity index (χ0n) is 9.63. The topological polar surface area (TPSA) is 40.7 Å². The predicted octanol–water partition coefficient (Wildman–Crippen LogP) is 3.16. The highest BCUT2D eigenvalue weighted by Gasteiger charge is 1.98. The van der Waals surface area contributed by atoms with Crippen molar-refractivity contribution in [3.05, 3.63) is 16.5 Å². The summed E-state index contributed by atoms with van der Waals surface area (Å²) in [5, 5.41) is 3.33. The van der Waals surface area contributed by atoms with Gasteiger partial charge in [0.2, 0.25) is 0 Å². The van der Waals surface area contributed by atoms with Crippen molar-refractivity contribution < 1.29 is 0 Å². The SMILES string of the molecule is CCc1nc(=S)cc(NCCC(C)C)[nH]1. The average molecular weight is 225 g/mol. The smallest absolute Gasteiger partial charge is 0.131 e. The number of aryl methyl sites for hydroxylation is 1. The third kappa shape index (κ3) is 4.42. The van der Waals surface area contributed by atoms with Gasteiger partial charge in [0.1, 0.15) is 16.3 Å². The Morgan fingerprint density at radius 2 is 2.27 bits per heavy atom. The van der Waals surface area contributed by atoms with Gasteiger partial charge in [0, 0.05) is 19.0 Å². The Labute approximate surface area is 96.3 Å². The number of anilines is 1. The number of aromatic amines is 1. The fourth-order valence-corrected chi connectivity index (χ4v) is 1.49. The van der Waals surface area contributed by atoms with Gasteiger partial charge in [-0.2, -0.15) is 0 Å². The Bertz CT molecular complexity index is 357.